The van der Waals surface area contributed by atoms with E-state index in [0.29, 0.717) is 5.57 Å². The Labute approximate surface area is 52.2 Å². The van der Waals surface area contributed by atoms with E-state index in [2.05, 4.69) is 22.5 Å². The third-order valence-corrected chi connectivity index (χ3v) is 1.40. The lowest BCUT2D eigenvalue weighted by Gasteiger charge is -1.98. The minimum Gasteiger partial charge on any atom is -0.232 e. The molecule has 1 radical (unpaired) electrons. The lowest BCUT2D eigenvalue weighted by molar-refractivity contribution is 0.222. The molecule has 0 saturated heterocycles. The van der Waals surface area contributed by atoms with Crippen LogP contribution in [0.2, 0.25) is 0 Å². The summed E-state index contributed by atoms with van der Waals surface area (Å²) in [5.74, 6) is 0. The van der Waals surface area contributed by atoms with E-state index < -0.39 is 0 Å². The van der Waals surface area contributed by atoms with Gasteiger partial charge in [0.1, 0.15) is 6.61 Å². The fourth-order valence-electron chi connectivity index (χ4n) is 0.115. The third-order valence-electron chi connectivity index (χ3n) is 0.748. The second-order valence-corrected chi connectivity index (χ2v) is 2.79. The van der Waals surface area contributed by atoms with Gasteiger partial charge in [-0.2, -0.15) is 0 Å². The van der Waals surface area contributed by atoms with Gasteiger partial charge in [-0.25, -0.2) is 5.11 Å². The van der Waals surface area contributed by atoms with Crippen molar-refractivity contribution in [2.45, 2.75) is 11.8 Å². The Hall–Kier alpha value is 0.180. The Balaban J connectivity index is 3.35. The molecule has 1 nitrogen and oxygen atoms in total. The fraction of sp³-hybridized carbons (Fsp3) is 0.600. The Morgan fingerprint density at radius 2 is 2.43 bits per heavy atom. The van der Waals surface area contributed by atoms with Gasteiger partial charge in [0.05, 0.1) is 0 Å². The van der Waals surface area contributed by atoms with Crippen LogP contribution in [0.25, 0.3) is 0 Å². The fourth-order valence-corrected chi connectivity index (χ4v) is 0.247. The van der Waals surface area contributed by atoms with Gasteiger partial charge in [0.2, 0.25) is 0 Å². The van der Waals surface area contributed by atoms with E-state index in [4.69, 9.17) is 0 Å². The Kier molecular flexibility index (Phi) is 3.30. The van der Waals surface area contributed by atoms with Gasteiger partial charge in [0.15, 0.2) is 0 Å². The van der Waals surface area contributed by atoms with Crippen LogP contribution < -0.4 is 0 Å². The van der Waals surface area contributed by atoms with Gasteiger partial charge in [-0.05, 0) is 12.5 Å². The van der Waals surface area contributed by atoms with Crippen LogP contribution in [-0.4, -0.2) is 11.4 Å². The van der Waals surface area contributed by atoms with Gasteiger partial charge < -0.3 is 0 Å². The topological polar surface area (TPSA) is 19.9 Å². The molecule has 0 saturated carbocycles. The van der Waals surface area contributed by atoms with E-state index >= 15 is 0 Å². The van der Waals surface area contributed by atoms with Crippen LogP contribution in [0.4, 0.5) is 0 Å². The lowest BCUT2D eigenvalue weighted by atomic mass is 10.3. The summed E-state index contributed by atoms with van der Waals surface area (Å²) in [6, 6.07) is 0. The minimum absolute atomic E-state index is 0.171. The molecule has 0 N–H and O–H groups in total. The molecule has 0 aromatic heterocycles. The second kappa shape index (κ2) is 3.22. The van der Waals surface area contributed by atoms with Crippen LogP contribution in [0.3, 0.4) is 0 Å². The summed E-state index contributed by atoms with van der Waals surface area (Å²) in [4.78, 5) is 0.171. The lowest BCUT2D eigenvalue weighted by Crippen LogP contribution is -1.97. The highest BCUT2D eigenvalue weighted by Gasteiger charge is 1.97. The summed E-state index contributed by atoms with van der Waals surface area (Å²) in [6.45, 7) is 5.23. The summed E-state index contributed by atoms with van der Waals surface area (Å²) in [6.07, 6.45) is 0. The maximum atomic E-state index is 9.94. The van der Waals surface area contributed by atoms with E-state index in [1.165, 1.54) is 0 Å². The van der Waals surface area contributed by atoms with Gasteiger partial charge in [0.25, 0.3) is 0 Å². The highest BCUT2D eigenvalue weighted by molar-refractivity contribution is 9.09. The van der Waals surface area contributed by atoms with Crippen LogP contribution >= 0.6 is 15.9 Å². The summed E-state index contributed by atoms with van der Waals surface area (Å²) in [5.41, 5.74) is 0.708. The molecule has 41 valence electrons. The first kappa shape index (κ1) is 7.18. The maximum absolute atomic E-state index is 9.94. The SMILES string of the molecule is C=C(C[O])C(C)Br. The molecular weight excluding hydrogens is 156 g/mol. The molecule has 0 aromatic rings. The van der Waals surface area contributed by atoms with Gasteiger partial charge in [-0.3, -0.25) is 0 Å². The summed E-state index contributed by atoms with van der Waals surface area (Å²) >= 11 is 3.20. The largest absolute Gasteiger partial charge is 0.232 e. The minimum atomic E-state index is -0.174. The first-order valence-corrected chi connectivity index (χ1v) is 3.00. The Morgan fingerprint density at radius 3 is 2.43 bits per heavy atom. The highest BCUT2D eigenvalue weighted by atomic mass is 79.9. The quantitative estimate of drug-likeness (QED) is 0.437. The zero-order valence-corrected chi connectivity index (χ0v) is 5.86. The number of rotatable bonds is 2. The molecule has 0 aromatic carbocycles. The van der Waals surface area contributed by atoms with E-state index in [1.807, 2.05) is 6.92 Å². The van der Waals surface area contributed by atoms with Crippen LogP contribution in [0, 0.1) is 0 Å². The monoisotopic (exact) mass is 163 g/mol. The molecule has 2 heteroatoms. The van der Waals surface area contributed by atoms with Crippen LogP contribution in [0.1, 0.15) is 6.92 Å². The van der Waals surface area contributed by atoms with Crippen molar-refractivity contribution in [3.8, 4) is 0 Å². The van der Waals surface area contributed by atoms with Gasteiger partial charge >= 0.3 is 0 Å². The molecule has 0 amide bonds. The summed E-state index contributed by atoms with van der Waals surface area (Å²) < 4.78 is 0. The number of alkyl halides is 1. The van der Waals surface area contributed by atoms with Crippen molar-refractivity contribution >= 4 is 15.9 Å². The molecule has 0 rings (SSSR count). The predicted octanol–water partition coefficient (Wildman–Crippen LogP) is 1.76. The van der Waals surface area contributed by atoms with E-state index in [9.17, 15) is 5.11 Å². The molecule has 1 atom stereocenters. The van der Waals surface area contributed by atoms with Crippen molar-refractivity contribution in [3.05, 3.63) is 12.2 Å². The van der Waals surface area contributed by atoms with Crippen molar-refractivity contribution in [2.24, 2.45) is 0 Å². The Bertz CT molecular complexity index is 68.5. The first-order chi connectivity index (χ1) is 3.18. The van der Waals surface area contributed by atoms with Gasteiger partial charge in [0, 0.05) is 4.83 Å². The van der Waals surface area contributed by atoms with E-state index in [0.717, 1.165) is 0 Å². The average molecular weight is 164 g/mol. The van der Waals surface area contributed by atoms with Gasteiger partial charge in [-0.1, -0.05) is 22.5 Å². The van der Waals surface area contributed by atoms with Crippen molar-refractivity contribution in [1.82, 2.24) is 0 Å². The normalized spacial score (nSPS) is 13.6. The van der Waals surface area contributed by atoms with Crippen molar-refractivity contribution < 1.29 is 5.11 Å². The average Bonchev–Trinajstić information content (AvgIpc) is 1.65. The zero-order valence-electron chi connectivity index (χ0n) is 4.28. The van der Waals surface area contributed by atoms with Gasteiger partial charge in [-0.15, -0.1) is 0 Å². The number of halogens is 1. The van der Waals surface area contributed by atoms with Crippen molar-refractivity contribution in [1.29, 1.82) is 0 Å². The Morgan fingerprint density at radius 1 is 2.00 bits per heavy atom. The molecule has 7 heavy (non-hydrogen) atoms. The highest BCUT2D eigenvalue weighted by Crippen LogP contribution is 2.06. The summed E-state index contributed by atoms with van der Waals surface area (Å²) in [5, 5.41) is 9.94. The molecule has 0 aliphatic carbocycles. The molecule has 0 spiro atoms. The van der Waals surface area contributed by atoms with Crippen LogP contribution in [0.5, 0.6) is 0 Å². The molecule has 0 aliphatic rings. The van der Waals surface area contributed by atoms with Crippen molar-refractivity contribution in [2.75, 3.05) is 6.61 Å². The molecule has 0 heterocycles. The smallest absolute Gasteiger partial charge is 0.104 e. The van der Waals surface area contributed by atoms with Crippen LogP contribution in [-0.2, 0) is 5.11 Å². The molecule has 0 aliphatic heterocycles. The maximum Gasteiger partial charge on any atom is 0.104 e. The first-order valence-electron chi connectivity index (χ1n) is 2.08. The predicted molar refractivity (Wildman–Crippen MR) is 33.1 cm³/mol. The molecular formula is C5H8BrO. The summed E-state index contributed by atoms with van der Waals surface area (Å²) in [7, 11) is 0. The number of hydrogen-bond acceptors (Lipinski definition) is 0. The molecule has 1 unspecified atom stereocenters. The second-order valence-electron chi connectivity index (χ2n) is 1.42. The molecule has 0 fully saturated rings. The van der Waals surface area contributed by atoms with Crippen LogP contribution in [0.15, 0.2) is 12.2 Å². The van der Waals surface area contributed by atoms with E-state index in [1.54, 1.807) is 0 Å². The zero-order chi connectivity index (χ0) is 5.86. The third kappa shape index (κ3) is 2.83. The standard InChI is InChI=1S/C5H8BrO/c1-4(3-7)5(2)6/h5H,1,3H2,2H3. The molecule has 0 bridgehead atoms. The van der Waals surface area contributed by atoms with E-state index in [-0.39, 0.29) is 11.4 Å². The number of hydrogen-bond donors (Lipinski definition) is 0. The van der Waals surface area contributed by atoms with Crippen molar-refractivity contribution in [3.63, 3.8) is 0 Å².